The van der Waals surface area contributed by atoms with Gasteiger partial charge in [0.1, 0.15) is 16.1 Å². The molecule has 3 aromatic rings. The van der Waals surface area contributed by atoms with Crippen molar-refractivity contribution >= 4 is 36.3 Å². The summed E-state index contributed by atoms with van der Waals surface area (Å²) >= 11 is 0. The molecule has 1 aromatic carbocycles. The van der Waals surface area contributed by atoms with E-state index in [1.165, 1.54) is 24.5 Å². The molecule has 0 bridgehead atoms. The van der Waals surface area contributed by atoms with E-state index in [1.54, 1.807) is 38.1 Å². The second-order valence-corrected chi connectivity index (χ2v) is 12.3. The number of halogens is 1. The van der Waals surface area contributed by atoms with Gasteiger partial charge in [-0.05, 0) is 61.7 Å². The van der Waals surface area contributed by atoms with Crippen LogP contribution >= 0.6 is 0 Å². The number of rotatable bonds is 4. The lowest BCUT2D eigenvalue weighted by molar-refractivity contribution is 0.547. The predicted molar refractivity (Wildman–Crippen MR) is 121 cm³/mol. The molecule has 1 aliphatic rings. The molecule has 2 aromatic heterocycles. The summed E-state index contributed by atoms with van der Waals surface area (Å²) in [5, 5.41) is 0.495. The van der Waals surface area contributed by atoms with Crippen LogP contribution < -0.4 is 5.56 Å². The van der Waals surface area contributed by atoms with Gasteiger partial charge in [0.15, 0.2) is 9.84 Å². The van der Waals surface area contributed by atoms with E-state index in [0.717, 1.165) is 16.3 Å². The first-order valence-electron chi connectivity index (χ1n) is 9.69. The van der Waals surface area contributed by atoms with Gasteiger partial charge in [-0.3, -0.25) is 4.79 Å². The molecule has 0 radical (unpaired) electrons. The number of aromatic amines is 1. The maximum Gasteiger partial charge on any atom is 0.273 e. The Hall–Kier alpha value is -2.98. The first kappa shape index (κ1) is 22.2. The van der Waals surface area contributed by atoms with Gasteiger partial charge in [-0.1, -0.05) is 12.2 Å². The molecule has 0 saturated carbocycles. The fourth-order valence-electron chi connectivity index (χ4n) is 3.85. The van der Waals surface area contributed by atoms with Crippen molar-refractivity contribution in [1.82, 2.24) is 8.96 Å². The van der Waals surface area contributed by atoms with E-state index in [0.29, 0.717) is 16.5 Å². The van der Waals surface area contributed by atoms with Crippen molar-refractivity contribution < 1.29 is 21.2 Å². The predicted octanol–water partition coefficient (Wildman–Crippen LogP) is 3.24. The fourth-order valence-corrected chi connectivity index (χ4v) is 6.34. The lowest BCUT2D eigenvalue weighted by atomic mass is 9.87. The van der Waals surface area contributed by atoms with Gasteiger partial charge in [0.25, 0.3) is 5.56 Å². The normalized spacial score (nSPS) is 19.6. The van der Waals surface area contributed by atoms with Crippen LogP contribution in [0.1, 0.15) is 25.8 Å². The Balaban J connectivity index is 1.81. The van der Waals surface area contributed by atoms with Crippen molar-refractivity contribution in [3.63, 3.8) is 0 Å². The first-order chi connectivity index (χ1) is 14.9. The van der Waals surface area contributed by atoms with Gasteiger partial charge >= 0.3 is 0 Å². The average Bonchev–Trinajstić information content (AvgIpc) is 3.16. The Morgan fingerprint density at radius 3 is 2.50 bits per heavy atom. The number of hydrogen-bond donors (Lipinski definition) is 1. The number of allylic oxidation sites excluding steroid dienone is 3. The minimum absolute atomic E-state index is 0.0138. The van der Waals surface area contributed by atoms with Gasteiger partial charge in [0.05, 0.1) is 4.90 Å². The molecule has 0 fully saturated rings. The molecule has 0 saturated heterocycles. The van der Waals surface area contributed by atoms with Crippen molar-refractivity contribution in [2.45, 2.75) is 29.9 Å². The molecule has 1 unspecified atom stereocenters. The standard InChI is InChI=1S/C22H21FN2O5S2/c1-14-12-16(18-13-17(31(3,27)28)4-5-19(18)23)6-9-22(14,2)32(29,30)25-11-8-15-7-10-24-21(26)20(15)25/h4-8,10-13H,9H2,1-3H3,(H,24,26). The topological polar surface area (TPSA) is 106 Å². The highest BCUT2D eigenvalue weighted by Crippen LogP contribution is 2.40. The van der Waals surface area contributed by atoms with Gasteiger partial charge in [-0.25, -0.2) is 25.2 Å². The number of H-pyrrole nitrogens is 1. The molecular formula is C22H21FN2O5S2. The zero-order valence-corrected chi connectivity index (χ0v) is 19.2. The summed E-state index contributed by atoms with van der Waals surface area (Å²) in [6.07, 6.45) is 6.96. The van der Waals surface area contributed by atoms with Gasteiger partial charge in [-0.15, -0.1) is 0 Å². The van der Waals surface area contributed by atoms with Gasteiger partial charge in [0, 0.05) is 29.6 Å². The van der Waals surface area contributed by atoms with Crippen LogP contribution in [0.15, 0.2) is 70.1 Å². The Bertz CT molecular complexity index is 1590. The monoisotopic (exact) mass is 476 g/mol. The minimum Gasteiger partial charge on any atom is -0.327 e. The molecule has 7 nitrogen and oxygen atoms in total. The average molecular weight is 477 g/mol. The number of aromatic nitrogens is 2. The van der Waals surface area contributed by atoms with Crippen molar-refractivity contribution in [3.05, 3.63) is 82.2 Å². The molecule has 10 heteroatoms. The van der Waals surface area contributed by atoms with E-state index in [4.69, 9.17) is 0 Å². The van der Waals surface area contributed by atoms with Crippen LogP contribution in [0, 0.1) is 5.82 Å². The van der Waals surface area contributed by atoms with Crippen molar-refractivity contribution in [2.75, 3.05) is 6.26 Å². The van der Waals surface area contributed by atoms with E-state index < -0.39 is 36.0 Å². The second kappa shape index (κ2) is 7.28. The molecule has 0 spiro atoms. The third-order valence-corrected chi connectivity index (χ3v) is 9.56. The molecule has 32 heavy (non-hydrogen) atoms. The van der Waals surface area contributed by atoms with Crippen molar-refractivity contribution in [2.24, 2.45) is 0 Å². The molecule has 1 aliphatic carbocycles. The van der Waals surface area contributed by atoms with Crippen LogP contribution in [-0.2, 0) is 19.9 Å². The molecule has 1 atom stereocenters. The quantitative estimate of drug-likeness (QED) is 0.582. The summed E-state index contributed by atoms with van der Waals surface area (Å²) < 4.78 is 65.1. The Morgan fingerprint density at radius 1 is 1.12 bits per heavy atom. The van der Waals surface area contributed by atoms with Crippen LogP contribution in [0.5, 0.6) is 0 Å². The SMILES string of the molecule is CC1=CC(c2cc(S(C)(=O)=O)ccc2F)=CCC1(C)S(=O)(=O)n1ccc2cc[nH]c(=O)c21. The highest BCUT2D eigenvalue weighted by molar-refractivity contribution is 7.91. The summed E-state index contributed by atoms with van der Waals surface area (Å²) in [5.41, 5.74) is 0.424. The fraction of sp³-hybridized carbons (Fsp3) is 0.227. The number of sulfone groups is 1. The summed E-state index contributed by atoms with van der Waals surface area (Å²) in [5.74, 6) is -0.609. The van der Waals surface area contributed by atoms with E-state index in [9.17, 15) is 26.0 Å². The van der Waals surface area contributed by atoms with E-state index in [-0.39, 0.29) is 22.4 Å². The van der Waals surface area contributed by atoms with Crippen LogP contribution in [0.25, 0.3) is 16.5 Å². The van der Waals surface area contributed by atoms with Crippen LogP contribution in [0.4, 0.5) is 4.39 Å². The zero-order chi connectivity index (χ0) is 23.5. The molecule has 2 heterocycles. The third kappa shape index (κ3) is 3.34. The Morgan fingerprint density at radius 2 is 1.84 bits per heavy atom. The van der Waals surface area contributed by atoms with Crippen LogP contribution in [0.3, 0.4) is 0 Å². The molecule has 168 valence electrons. The number of benzene rings is 1. The highest BCUT2D eigenvalue weighted by atomic mass is 32.2. The van der Waals surface area contributed by atoms with Gasteiger partial charge in [0.2, 0.25) is 10.0 Å². The van der Waals surface area contributed by atoms with Crippen LogP contribution in [-0.4, -0.2) is 36.8 Å². The highest BCUT2D eigenvalue weighted by Gasteiger charge is 2.43. The molecule has 0 amide bonds. The van der Waals surface area contributed by atoms with Gasteiger partial charge < -0.3 is 4.98 Å². The smallest absolute Gasteiger partial charge is 0.273 e. The van der Waals surface area contributed by atoms with Crippen molar-refractivity contribution in [3.8, 4) is 0 Å². The maximum atomic E-state index is 14.5. The second-order valence-electron chi connectivity index (χ2n) is 8.06. The maximum absolute atomic E-state index is 14.5. The minimum atomic E-state index is -4.07. The summed E-state index contributed by atoms with van der Waals surface area (Å²) in [6, 6.07) is 6.69. The third-order valence-electron chi connectivity index (χ3n) is 6.00. The number of pyridine rings is 1. The molecule has 0 aliphatic heterocycles. The summed E-state index contributed by atoms with van der Waals surface area (Å²) in [4.78, 5) is 14.8. The molecular weight excluding hydrogens is 455 g/mol. The largest absolute Gasteiger partial charge is 0.327 e. The molecule has 4 rings (SSSR count). The summed E-state index contributed by atoms with van der Waals surface area (Å²) in [6.45, 7) is 3.17. The van der Waals surface area contributed by atoms with Gasteiger partial charge in [-0.2, -0.15) is 0 Å². The lowest BCUT2D eigenvalue weighted by Crippen LogP contribution is -2.41. The Kier molecular flexibility index (Phi) is 5.05. The first-order valence-corrected chi connectivity index (χ1v) is 13.0. The lowest BCUT2D eigenvalue weighted by Gasteiger charge is -2.33. The number of nitrogens with zero attached hydrogens (tertiary/aromatic N) is 1. The van der Waals surface area contributed by atoms with Crippen LogP contribution in [0.2, 0.25) is 0 Å². The Labute approximate surface area is 184 Å². The summed E-state index contributed by atoms with van der Waals surface area (Å²) in [7, 11) is -7.61. The van der Waals surface area contributed by atoms with E-state index in [1.807, 2.05) is 0 Å². The van der Waals surface area contributed by atoms with Crippen molar-refractivity contribution in [1.29, 1.82) is 0 Å². The number of fused-ring (bicyclic) bond motifs is 1. The van der Waals surface area contributed by atoms with E-state index >= 15 is 0 Å². The number of nitrogens with one attached hydrogen (secondary N) is 1. The number of hydrogen-bond acceptors (Lipinski definition) is 5. The molecule has 1 N–H and O–H groups in total. The zero-order valence-electron chi connectivity index (χ0n) is 17.6. The van der Waals surface area contributed by atoms with E-state index in [2.05, 4.69) is 4.98 Å².